The van der Waals surface area contributed by atoms with Gasteiger partial charge in [0.25, 0.3) is 0 Å². The van der Waals surface area contributed by atoms with Gasteiger partial charge in [-0.1, -0.05) is 6.92 Å². The van der Waals surface area contributed by atoms with E-state index in [4.69, 9.17) is 0 Å². The van der Waals surface area contributed by atoms with Crippen LogP contribution in [0.5, 0.6) is 0 Å². The number of tetrazole rings is 1. The molecule has 2 aliphatic rings. The molecule has 1 aromatic rings. The number of piperidine rings is 1. The molecule has 8 heteroatoms. The summed E-state index contributed by atoms with van der Waals surface area (Å²) in [5.41, 5.74) is -0.592. The quantitative estimate of drug-likeness (QED) is 0.787. The van der Waals surface area contributed by atoms with Crippen molar-refractivity contribution in [3.63, 3.8) is 0 Å². The molecule has 1 unspecified atom stereocenters. The van der Waals surface area contributed by atoms with Gasteiger partial charge in [-0.25, -0.2) is 4.68 Å². The van der Waals surface area contributed by atoms with Crippen LogP contribution in [0, 0.1) is 0 Å². The molecule has 0 aromatic carbocycles. The Morgan fingerprint density at radius 3 is 2.74 bits per heavy atom. The highest BCUT2D eigenvalue weighted by atomic mass is 16.2. The summed E-state index contributed by atoms with van der Waals surface area (Å²) < 4.78 is 1.55. The summed E-state index contributed by atoms with van der Waals surface area (Å²) in [5.74, 6) is 0.184. The molecule has 1 atom stereocenters. The molecule has 0 radical (unpaired) electrons. The highest BCUT2D eigenvalue weighted by Gasteiger charge is 2.52. The lowest BCUT2D eigenvalue weighted by Crippen LogP contribution is -2.61. The Labute approximate surface area is 135 Å². The molecule has 1 aromatic heterocycles. The van der Waals surface area contributed by atoms with Gasteiger partial charge in [-0.15, -0.1) is 5.10 Å². The van der Waals surface area contributed by atoms with E-state index < -0.39 is 5.54 Å². The zero-order valence-electron chi connectivity index (χ0n) is 13.6. The van der Waals surface area contributed by atoms with Crippen molar-refractivity contribution in [3.05, 3.63) is 6.33 Å². The molecule has 0 aliphatic carbocycles. The first-order valence-corrected chi connectivity index (χ1v) is 8.48. The summed E-state index contributed by atoms with van der Waals surface area (Å²) in [6.45, 7) is 4.82. The number of hydrogen-bond donors (Lipinski definition) is 0. The second-order valence-electron chi connectivity index (χ2n) is 6.40. The van der Waals surface area contributed by atoms with E-state index in [9.17, 15) is 9.59 Å². The van der Waals surface area contributed by atoms with Crippen LogP contribution in [0.1, 0.15) is 45.4 Å². The van der Waals surface area contributed by atoms with E-state index in [1.807, 2.05) is 9.80 Å². The average molecular weight is 320 g/mol. The lowest BCUT2D eigenvalue weighted by molar-refractivity contribution is -0.155. The molecular formula is C15H24N6O2. The van der Waals surface area contributed by atoms with Gasteiger partial charge in [0, 0.05) is 26.1 Å². The smallest absolute Gasteiger partial charge is 0.248 e. The maximum absolute atomic E-state index is 13.0. The molecule has 2 saturated heterocycles. The molecule has 3 rings (SSSR count). The molecule has 0 saturated carbocycles. The summed E-state index contributed by atoms with van der Waals surface area (Å²) in [6.07, 6.45) is 6.25. The van der Waals surface area contributed by atoms with Gasteiger partial charge >= 0.3 is 0 Å². The van der Waals surface area contributed by atoms with E-state index >= 15 is 0 Å². The van der Waals surface area contributed by atoms with E-state index in [2.05, 4.69) is 22.4 Å². The van der Waals surface area contributed by atoms with Gasteiger partial charge < -0.3 is 9.80 Å². The van der Waals surface area contributed by atoms with Crippen molar-refractivity contribution in [2.45, 2.75) is 57.5 Å². The molecule has 2 amide bonds. The topological polar surface area (TPSA) is 84.2 Å². The Hall–Kier alpha value is -1.99. The number of carbonyl (C=O) groups is 2. The molecule has 1 spiro atoms. The van der Waals surface area contributed by atoms with E-state index in [0.717, 1.165) is 45.2 Å². The van der Waals surface area contributed by atoms with Crippen molar-refractivity contribution in [1.82, 2.24) is 30.0 Å². The Kier molecular flexibility index (Phi) is 4.58. The predicted octanol–water partition coefficient (Wildman–Crippen LogP) is 0.457. The first-order chi connectivity index (χ1) is 11.2. The number of hydrogen-bond acceptors (Lipinski definition) is 5. The standard InChI is InChI=1S/C15H24N6O2/c1-2-8-19-9-3-6-15(14(19)23)7-4-10-21(15)13(22)5-11-20-12-16-17-18-20/h12H,2-11H2,1H3. The van der Waals surface area contributed by atoms with Crippen LogP contribution in [-0.4, -0.2) is 67.0 Å². The van der Waals surface area contributed by atoms with Crippen molar-refractivity contribution in [2.75, 3.05) is 19.6 Å². The third-order valence-electron chi connectivity index (χ3n) is 4.93. The maximum Gasteiger partial charge on any atom is 0.248 e. The second kappa shape index (κ2) is 6.64. The minimum absolute atomic E-state index is 0.0321. The third-order valence-corrected chi connectivity index (χ3v) is 4.93. The molecule has 3 heterocycles. The summed E-state index contributed by atoms with van der Waals surface area (Å²) in [4.78, 5) is 29.5. The lowest BCUT2D eigenvalue weighted by atomic mass is 9.85. The van der Waals surface area contributed by atoms with Crippen molar-refractivity contribution in [2.24, 2.45) is 0 Å². The number of aromatic nitrogens is 4. The molecule has 8 nitrogen and oxygen atoms in total. The first-order valence-electron chi connectivity index (χ1n) is 8.48. The fourth-order valence-electron chi connectivity index (χ4n) is 3.90. The SMILES string of the molecule is CCCN1CCCC2(CCCN2C(=O)CCn2cnnn2)C1=O. The van der Waals surface area contributed by atoms with Crippen molar-refractivity contribution in [1.29, 1.82) is 0 Å². The Bertz CT molecular complexity index is 558. The summed E-state index contributed by atoms with van der Waals surface area (Å²) in [7, 11) is 0. The summed E-state index contributed by atoms with van der Waals surface area (Å²) in [6, 6.07) is 0. The third kappa shape index (κ3) is 2.94. The summed E-state index contributed by atoms with van der Waals surface area (Å²) in [5, 5.41) is 10.9. The number of nitrogens with zero attached hydrogens (tertiary/aromatic N) is 6. The molecule has 2 fully saturated rings. The van der Waals surface area contributed by atoms with Crippen molar-refractivity contribution >= 4 is 11.8 Å². The van der Waals surface area contributed by atoms with Gasteiger partial charge in [0.05, 0.1) is 6.54 Å². The largest absolute Gasteiger partial charge is 0.341 e. The molecule has 126 valence electrons. The molecule has 0 N–H and O–H groups in total. The zero-order valence-corrected chi connectivity index (χ0v) is 13.6. The molecular weight excluding hydrogens is 296 g/mol. The first kappa shape index (κ1) is 15.9. The number of carbonyl (C=O) groups excluding carboxylic acids is 2. The van der Waals surface area contributed by atoms with Crippen LogP contribution >= 0.6 is 0 Å². The highest BCUT2D eigenvalue weighted by molar-refractivity contribution is 5.92. The minimum Gasteiger partial charge on any atom is -0.341 e. The Morgan fingerprint density at radius 1 is 1.26 bits per heavy atom. The van der Waals surface area contributed by atoms with E-state index in [1.165, 1.54) is 6.33 Å². The van der Waals surface area contributed by atoms with E-state index in [1.54, 1.807) is 4.68 Å². The average Bonchev–Trinajstić information content (AvgIpc) is 3.20. The molecule has 2 aliphatic heterocycles. The van der Waals surface area contributed by atoms with Crippen LogP contribution < -0.4 is 0 Å². The van der Waals surface area contributed by atoms with Gasteiger partial charge in [0.2, 0.25) is 11.8 Å². The summed E-state index contributed by atoms with van der Waals surface area (Å²) >= 11 is 0. The predicted molar refractivity (Wildman–Crippen MR) is 82.2 cm³/mol. The van der Waals surface area contributed by atoms with Crippen LogP contribution in [0.4, 0.5) is 0 Å². The Balaban J connectivity index is 1.70. The second-order valence-corrected chi connectivity index (χ2v) is 6.40. The number of likely N-dealkylation sites (tertiary alicyclic amines) is 2. The van der Waals surface area contributed by atoms with Crippen LogP contribution in [0.25, 0.3) is 0 Å². The maximum atomic E-state index is 13.0. The van der Waals surface area contributed by atoms with Gasteiger partial charge in [-0.05, 0) is 42.5 Å². The number of amides is 2. The zero-order chi connectivity index (χ0) is 16.3. The van der Waals surface area contributed by atoms with Crippen LogP contribution in [0.15, 0.2) is 6.33 Å². The van der Waals surface area contributed by atoms with Crippen LogP contribution in [-0.2, 0) is 16.1 Å². The van der Waals surface area contributed by atoms with Gasteiger partial charge in [-0.2, -0.15) is 0 Å². The van der Waals surface area contributed by atoms with Gasteiger partial charge in [-0.3, -0.25) is 9.59 Å². The minimum atomic E-state index is -0.592. The van der Waals surface area contributed by atoms with Gasteiger partial charge in [0.15, 0.2) is 0 Å². The number of rotatable bonds is 5. The van der Waals surface area contributed by atoms with Crippen molar-refractivity contribution < 1.29 is 9.59 Å². The fourth-order valence-corrected chi connectivity index (χ4v) is 3.90. The molecule has 23 heavy (non-hydrogen) atoms. The van der Waals surface area contributed by atoms with E-state index in [-0.39, 0.29) is 11.8 Å². The Morgan fingerprint density at radius 2 is 2.04 bits per heavy atom. The monoisotopic (exact) mass is 320 g/mol. The number of aryl methyl sites for hydroxylation is 1. The van der Waals surface area contributed by atoms with Gasteiger partial charge in [0.1, 0.15) is 11.9 Å². The lowest BCUT2D eigenvalue weighted by Gasteiger charge is -2.44. The fraction of sp³-hybridized carbons (Fsp3) is 0.800. The highest BCUT2D eigenvalue weighted by Crippen LogP contribution is 2.38. The van der Waals surface area contributed by atoms with E-state index in [0.29, 0.717) is 19.5 Å². The van der Waals surface area contributed by atoms with Crippen LogP contribution in [0.3, 0.4) is 0 Å². The normalized spacial score (nSPS) is 24.7. The van der Waals surface area contributed by atoms with Crippen molar-refractivity contribution in [3.8, 4) is 0 Å². The van der Waals surface area contributed by atoms with Crippen LogP contribution in [0.2, 0.25) is 0 Å². The molecule has 0 bridgehead atoms.